The van der Waals surface area contributed by atoms with Gasteiger partial charge in [0, 0.05) is 32.2 Å². The van der Waals surface area contributed by atoms with E-state index in [4.69, 9.17) is 14.1 Å². The fraction of sp³-hybridized carbons (Fsp3) is 0.722. The number of hydrogen-bond donors (Lipinski definition) is 2. The molecule has 2 N–H and O–H groups in total. The Labute approximate surface area is 149 Å². The van der Waals surface area contributed by atoms with Gasteiger partial charge in [-0.25, -0.2) is 0 Å². The molecule has 1 atom stereocenters. The van der Waals surface area contributed by atoms with E-state index in [-0.39, 0.29) is 5.60 Å². The number of nitrogens with zero attached hydrogens (tertiary/aromatic N) is 1. The minimum absolute atomic E-state index is 0.104. The quantitative estimate of drug-likeness (QED) is 0.631. The highest BCUT2D eigenvalue weighted by Gasteiger charge is 2.38. The highest BCUT2D eigenvalue weighted by molar-refractivity contribution is 7.99. The summed E-state index contributed by atoms with van der Waals surface area (Å²) < 4.78 is 11.6. The summed E-state index contributed by atoms with van der Waals surface area (Å²) in [6.45, 7) is 4.56. The Balaban J connectivity index is 1.53. The first kappa shape index (κ1) is 17.7. The lowest BCUT2D eigenvalue weighted by molar-refractivity contribution is -0.0911. The molecule has 2 aliphatic rings. The van der Waals surface area contributed by atoms with Crippen LogP contribution in [-0.4, -0.2) is 48.8 Å². The van der Waals surface area contributed by atoms with Crippen LogP contribution < -0.4 is 10.6 Å². The van der Waals surface area contributed by atoms with Crippen molar-refractivity contribution < 1.29 is 9.15 Å². The van der Waals surface area contributed by atoms with Gasteiger partial charge in [0.25, 0.3) is 0 Å². The molecule has 1 aromatic rings. The summed E-state index contributed by atoms with van der Waals surface area (Å²) in [6.07, 6.45) is 7.06. The average Bonchev–Trinajstić information content (AvgIpc) is 3.09. The van der Waals surface area contributed by atoms with Crippen LogP contribution in [0.3, 0.4) is 0 Å². The van der Waals surface area contributed by atoms with Crippen LogP contribution >= 0.6 is 11.8 Å². The molecule has 1 spiro atoms. The third-order valence-corrected chi connectivity index (χ3v) is 5.78. The normalized spacial score (nSPS) is 24.0. The van der Waals surface area contributed by atoms with Crippen LogP contribution in [-0.2, 0) is 11.2 Å². The summed E-state index contributed by atoms with van der Waals surface area (Å²) in [6, 6.07) is 4.37. The van der Waals surface area contributed by atoms with E-state index >= 15 is 0 Å². The predicted octanol–water partition coefficient (Wildman–Crippen LogP) is 2.82. The van der Waals surface area contributed by atoms with Crippen LogP contribution in [0.25, 0.3) is 0 Å². The number of aliphatic imine (C=N–C) groups is 1. The van der Waals surface area contributed by atoms with Crippen molar-refractivity contribution in [2.45, 2.75) is 50.7 Å². The second-order valence-electron chi connectivity index (χ2n) is 6.57. The Morgan fingerprint density at radius 3 is 3.04 bits per heavy atom. The highest BCUT2D eigenvalue weighted by atomic mass is 32.2. The first-order chi connectivity index (χ1) is 11.8. The van der Waals surface area contributed by atoms with E-state index in [2.05, 4.69) is 29.3 Å². The summed E-state index contributed by atoms with van der Waals surface area (Å²) in [5, 5.41) is 6.99. The van der Waals surface area contributed by atoms with Crippen LogP contribution in [0.1, 0.15) is 38.4 Å². The Morgan fingerprint density at radius 2 is 2.29 bits per heavy atom. The summed E-state index contributed by atoms with van der Waals surface area (Å²) in [7, 11) is 0. The van der Waals surface area contributed by atoms with Crippen LogP contribution in [0.15, 0.2) is 27.8 Å². The molecule has 134 valence electrons. The van der Waals surface area contributed by atoms with Crippen molar-refractivity contribution in [2.75, 3.05) is 31.2 Å². The molecular weight excluding hydrogens is 322 g/mol. The van der Waals surface area contributed by atoms with Gasteiger partial charge in [-0.05, 0) is 56.2 Å². The molecule has 0 radical (unpaired) electrons. The Kier molecular flexibility index (Phi) is 6.49. The minimum Gasteiger partial charge on any atom is -0.469 e. The van der Waals surface area contributed by atoms with Gasteiger partial charge in [0.05, 0.1) is 11.9 Å². The van der Waals surface area contributed by atoms with Gasteiger partial charge in [-0.2, -0.15) is 11.8 Å². The van der Waals surface area contributed by atoms with Crippen LogP contribution in [0.4, 0.5) is 0 Å². The van der Waals surface area contributed by atoms with Crippen molar-refractivity contribution in [2.24, 2.45) is 4.99 Å². The van der Waals surface area contributed by atoms with Gasteiger partial charge in [0.1, 0.15) is 5.76 Å². The van der Waals surface area contributed by atoms with Gasteiger partial charge in [-0.3, -0.25) is 4.99 Å². The number of guanidine groups is 1. The van der Waals surface area contributed by atoms with Crippen molar-refractivity contribution in [3.05, 3.63) is 24.2 Å². The lowest BCUT2D eigenvalue weighted by Gasteiger charge is -2.43. The fourth-order valence-electron chi connectivity index (χ4n) is 3.49. The molecule has 3 heterocycles. The summed E-state index contributed by atoms with van der Waals surface area (Å²) >= 11 is 2.05. The number of ether oxygens (including phenoxy) is 1. The van der Waals surface area contributed by atoms with Gasteiger partial charge in [0.2, 0.25) is 0 Å². The minimum atomic E-state index is 0.104. The SMILES string of the molecule is CCNC(=NCCc1ccco1)NC1CCOC2(CCSCC2)C1. The largest absolute Gasteiger partial charge is 0.469 e. The molecular formula is C18H29N3O2S. The Morgan fingerprint density at radius 1 is 1.42 bits per heavy atom. The lowest BCUT2D eigenvalue weighted by atomic mass is 9.85. The third kappa shape index (κ3) is 4.93. The highest BCUT2D eigenvalue weighted by Crippen LogP contribution is 2.37. The van der Waals surface area contributed by atoms with Crippen LogP contribution in [0, 0.1) is 0 Å². The Bertz CT molecular complexity index is 507. The monoisotopic (exact) mass is 351 g/mol. The molecule has 0 aromatic carbocycles. The second kappa shape index (κ2) is 8.81. The summed E-state index contributed by atoms with van der Waals surface area (Å²) in [5.41, 5.74) is 0.104. The maximum absolute atomic E-state index is 6.18. The van der Waals surface area contributed by atoms with Gasteiger partial charge in [-0.15, -0.1) is 0 Å². The molecule has 3 rings (SSSR count). The Hall–Kier alpha value is -1.14. The first-order valence-electron chi connectivity index (χ1n) is 9.09. The molecule has 1 aromatic heterocycles. The van der Waals surface area contributed by atoms with E-state index in [1.54, 1.807) is 6.26 Å². The van der Waals surface area contributed by atoms with Gasteiger partial charge < -0.3 is 19.8 Å². The lowest BCUT2D eigenvalue weighted by Crippen LogP contribution is -2.52. The van der Waals surface area contributed by atoms with E-state index in [0.717, 1.165) is 50.7 Å². The molecule has 0 bridgehead atoms. The molecule has 2 fully saturated rings. The van der Waals surface area contributed by atoms with Gasteiger partial charge >= 0.3 is 0 Å². The van der Waals surface area contributed by atoms with Crippen molar-refractivity contribution >= 4 is 17.7 Å². The zero-order chi connectivity index (χ0) is 16.7. The van der Waals surface area contributed by atoms with Crippen molar-refractivity contribution in [1.82, 2.24) is 10.6 Å². The smallest absolute Gasteiger partial charge is 0.191 e. The van der Waals surface area contributed by atoms with Crippen molar-refractivity contribution in [1.29, 1.82) is 0 Å². The zero-order valence-electron chi connectivity index (χ0n) is 14.6. The number of thioether (sulfide) groups is 1. The van der Waals surface area contributed by atoms with E-state index in [1.165, 1.54) is 24.3 Å². The number of nitrogens with one attached hydrogen (secondary N) is 2. The summed E-state index contributed by atoms with van der Waals surface area (Å²) in [5.74, 6) is 4.35. The van der Waals surface area contributed by atoms with Crippen molar-refractivity contribution in [3.63, 3.8) is 0 Å². The number of hydrogen-bond acceptors (Lipinski definition) is 4. The van der Waals surface area contributed by atoms with Crippen molar-refractivity contribution in [3.8, 4) is 0 Å². The summed E-state index contributed by atoms with van der Waals surface area (Å²) in [4.78, 5) is 4.71. The van der Waals surface area contributed by atoms with E-state index in [9.17, 15) is 0 Å². The number of furan rings is 1. The van der Waals surface area contributed by atoms with Crippen LogP contribution in [0.2, 0.25) is 0 Å². The predicted molar refractivity (Wildman–Crippen MR) is 99.8 cm³/mol. The zero-order valence-corrected chi connectivity index (χ0v) is 15.4. The topological polar surface area (TPSA) is 58.8 Å². The second-order valence-corrected chi connectivity index (χ2v) is 7.79. The first-order valence-corrected chi connectivity index (χ1v) is 10.2. The molecule has 1 unspecified atom stereocenters. The molecule has 2 saturated heterocycles. The molecule has 5 nitrogen and oxygen atoms in total. The van der Waals surface area contributed by atoms with E-state index in [1.807, 2.05) is 12.1 Å². The standard InChI is InChI=1S/C18H29N3O2S/c1-2-19-17(20-9-5-16-4-3-10-22-16)21-15-6-11-23-18(14-15)7-12-24-13-8-18/h3-4,10,15H,2,5-9,11-14H2,1H3,(H2,19,20,21). The van der Waals surface area contributed by atoms with Crippen LogP contribution in [0.5, 0.6) is 0 Å². The molecule has 24 heavy (non-hydrogen) atoms. The fourth-order valence-corrected chi connectivity index (χ4v) is 4.73. The average molecular weight is 352 g/mol. The van der Waals surface area contributed by atoms with E-state index < -0.39 is 0 Å². The molecule has 6 heteroatoms. The molecule has 0 aliphatic carbocycles. The number of rotatable bonds is 5. The molecule has 2 aliphatic heterocycles. The maximum Gasteiger partial charge on any atom is 0.191 e. The van der Waals surface area contributed by atoms with Gasteiger partial charge in [0.15, 0.2) is 5.96 Å². The maximum atomic E-state index is 6.18. The molecule has 0 amide bonds. The third-order valence-electron chi connectivity index (χ3n) is 4.79. The molecule has 0 saturated carbocycles. The van der Waals surface area contributed by atoms with Gasteiger partial charge in [-0.1, -0.05) is 0 Å². The van der Waals surface area contributed by atoms with E-state index in [0.29, 0.717) is 6.04 Å².